The van der Waals surface area contributed by atoms with E-state index in [1.807, 2.05) is 13.0 Å². The van der Waals surface area contributed by atoms with Crippen LogP contribution in [0, 0.1) is 0 Å². The number of para-hydroxylation sites is 2. The van der Waals surface area contributed by atoms with Crippen molar-refractivity contribution in [1.82, 2.24) is 4.57 Å². The van der Waals surface area contributed by atoms with E-state index < -0.39 is 0 Å². The molecule has 21 heavy (non-hydrogen) atoms. The third-order valence-electron chi connectivity index (χ3n) is 3.64. The molecule has 3 rings (SSSR count). The Morgan fingerprint density at radius 3 is 2.10 bits per heavy atom. The van der Waals surface area contributed by atoms with Crippen molar-refractivity contribution in [3.8, 4) is 0 Å². The molecule has 0 saturated heterocycles. The number of ether oxygens (including phenoxy) is 2. The van der Waals surface area contributed by atoms with Crippen LogP contribution in [0.1, 0.15) is 6.92 Å². The second-order valence-corrected chi connectivity index (χ2v) is 4.92. The highest BCUT2D eigenvalue weighted by Crippen LogP contribution is 2.29. The summed E-state index contributed by atoms with van der Waals surface area (Å²) < 4.78 is 13.3. The van der Waals surface area contributed by atoms with Crippen molar-refractivity contribution in [2.24, 2.45) is 0 Å². The normalized spacial score (nSPS) is 13.2. The molecule has 3 nitrogen and oxygen atoms in total. The number of rotatable bonds is 5. The lowest BCUT2D eigenvalue weighted by molar-refractivity contribution is -0.0906. The highest BCUT2D eigenvalue weighted by Gasteiger charge is 2.14. The lowest BCUT2D eigenvalue weighted by Crippen LogP contribution is -2.20. The zero-order valence-electron chi connectivity index (χ0n) is 12.3. The molecule has 0 aliphatic carbocycles. The van der Waals surface area contributed by atoms with Gasteiger partial charge in [-0.25, -0.2) is 0 Å². The number of hydrogen-bond acceptors (Lipinski definition) is 2. The Morgan fingerprint density at radius 2 is 1.57 bits per heavy atom. The van der Waals surface area contributed by atoms with Crippen molar-refractivity contribution in [1.29, 1.82) is 0 Å². The van der Waals surface area contributed by atoms with Gasteiger partial charge >= 0.3 is 0 Å². The van der Waals surface area contributed by atoms with E-state index in [9.17, 15) is 0 Å². The number of aromatic nitrogens is 1. The van der Waals surface area contributed by atoms with Gasteiger partial charge in [0, 0.05) is 28.9 Å². The first-order valence-electron chi connectivity index (χ1n) is 7.10. The largest absolute Gasteiger partial charge is 0.471 e. The Labute approximate surface area is 124 Å². The highest BCUT2D eigenvalue weighted by molar-refractivity contribution is 6.07. The molecule has 0 bridgehead atoms. The van der Waals surface area contributed by atoms with Gasteiger partial charge in [0.15, 0.2) is 0 Å². The summed E-state index contributed by atoms with van der Waals surface area (Å²) in [7, 11) is 1.67. The third-order valence-corrected chi connectivity index (χ3v) is 3.64. The van der Waals surface area contributed by atoms with Gasteiger partial charge in [-0.1, -0.05) is 42.5 Å². The van der Waals surface area contributed by atoms with Crippen LogP contribution >= 0.6 is 0 Å². The predicted molar refractivity (Wildman–Crippen MR) is 86.1 cm³/mol. The molecule has 0 N–H and O–H groups in total. The van der Waals surface area contributed by atoms with Gasteiger partial charge in [-0.15, -0.1) is 0 Å². The van der Waals surface area contributed by atoms with Gasteiger partial charge in [0.1, 0.15) is 0 Å². The minimum atomic E-state index is -0.305. The maximum Gasteiger partial charge on any atom is 0.216 e. The molecule has 1 atom stereocenters. The summed E-state index contributed by atoms with van der Waals surface area (Å²) >= 11 is 0. The van der Waals surface area contributed by atoms with Crippen molar-refractivity contribution >= 4 is 21.8 Å². The molecule has 3 heteroatoms. The number of allylic oxidation sites excluding steroid dienone is 1. The molecule has 1 aromatic heterocycles. The van der Waals surface area contributed by atoms with Crippen molar-refractivity contribution in [2.45, 2.75) is 19.8 Å². The van der Waals surface area contributed by atoms with Crippen LogP contribution in [0.2, 0.25) is 0 Å². The zero-order chi connectivity index (χ0) is 14.7. The first-order valence-corrected chi connectivity index (χ1v) is 7.10. The van der Waals surface area contributed by atoms with Crippen LogP contribution in [0.25, 0.3) is 21.8 Å². The summed E-state index contributed by atoms with van der Waals surface area (Å²) in [4.78, 5) is 0. The minimum absolute atomic E-state index is 0.305. The summed E-state index contributed by atoms with van der Waals surface area (Å²) in [5.74, 6) is 0. The summed E-state index contributed by atoms with van der Waals surface area (Å²) in [5, 5.41) is 2.52. The molecule has 0 saturated carbocycles. The van der Waals surface area contributed by atoms with Gasteiger partial charge in [0.25, 0.3) is 0 Å². The van der Waals surface area contributed by atoms with E-state index in [0.717, 1.165) is 0 Å². The van der Waals surface area contributed by atoms with Gasteiger partial charge in [-0.2, -0.15) is 0 Å². The van der Waals surface area contributed by atoms with Crippen LogP contribution in [0.3, 0.4) is 0 Å². The Balaban J connectivity index is 2.10. The van der Waals surface area contributed by atoms with E-state index >= 15 is 0 Å². The van der Waals surface area contributed by atoms with E-state index in [2.05, 4.69) is 53.1 Å². The van der Waals surface area contributed by atoms with Gasteiger partial charge in [0.05, 0.1) is 12.8 Å². The quantitative estimate of drug-likeness (QED) is 0.513. The average molecular weight is 281 g/mol. The number of benzene rings is 2. The van der Waals surface area contributed by atoms with Crippen molar-refractivity contribution in [2.75, 3.05) is 7.11 Å². The van der Waals surface area contributed by atoms with Crippen LogP contribution in [-0.2, 0) is 16.0 Å². The first kappa shape index (κ1) is 13.7. The van der Waals surface area contributed by atoms with Gasteiger partial charge in [-0.05, 0) is 19.1 Å². The fourth-order valence-corrected chi connectivity index (χ4v) is 2.69. The second-order valence-electron chi connectivity index (χ2n) is 4.92. The Hall–Kier alpha value is -2.26. The standard InChI is InChI=1S/C18H19NO2/c1-3-12-21-18(20-2)13-19-16-10-6-4-8-14(16)15-9-5-7-11-17(15)19/h3-12,18H,13H2,1-2H3/b12-3+/t18-/m1/s1. The van der Waals surface area contributed by atoms with Crippen LogP contribution in [0.5, 0.6) is 0 Å². The Bertz CT molecular complexity index is 720. The molecule has 2 aromatic carbocycles. The summed E-state index contributed by atoms with van der Waals surface area (Å²) in [6, 6.07) is 16.9. The Kier molecular flexibility index (Phi) is 3.93. The summed E-state index contributed by atoms with van der Waals surface area (Å²) in [6.45, 7) is 2.57. The number of hydrogen-bond donors (Lipinski definition) is 0. The highest BCUT2D eigenvalue weighted by atomic mass is 16.7. The molecule has 3 aromatic rings. The molecule has 0 aliphatic rings. The van der Waals surface area contributed by atoms with Gasteiger partial charge < -0.3 is 14.0 Å². The van der Waals surface area contributed by atoms with E-state index in [4.69, 9.17) is 9.47 Å². The molecule has 108 valence electrons. The average Bonchev–Trinajstić information content (AvgIpc) is 2.86. The maximum absolute atomic E-state index is 5.59. The van der Waals surface area contributed by atoms with E-state index in [1.165, 1.54) is 21.8 Å². The van der Waals surface area contributed by atoms with Crippen molar-refractivity contribution in [3.63, 3.8) is 0 Å². The predicted octanol–water partition coefficient (Wildman–Crippen LogP) is 4.32. The summed E-state index contributed by atoms with van der Waals surface area (Å²) in [5.41, 5.74) is 2.40. The zero-order valence-corrected chi connectivity index (χ0v) is 12.3. The number of nitrogens with zero attached hydrogens (tertiary/aromatic N) is 1. The number of fused-ring (bicyclic) bond motifs is 3. The van der Waals surface area contributed by atoms with Crippen LogP contribution in [0.15, 0.2) is 60.9 Å². The summed E-state index contributed by atoms with van der Waals surface area (Å²) in [6.07, 6.45) is 3.22. The van der Waals surface area contributed by atoms with Crippen LogP contribution in [0.4, 0.5) is 0 Å². The molecule has 1 heterocycles. The fourth-order valence-electron chi connectivity index (χ4n) is 2.69. The molecule has 0 aliphatic heterocycles. The molecule has 0 spiro atoms. The topological polar surface area (TPSA) is 23.4 Å². The van der Waals surface area contributed by atoms with E-state index in [1.54, 1.807) is 13.4 Å². The lowest BCUT2D eigenvalue weighted by atomic mass is 10.2. The minimum Gasteiger partial charge on any atom is -0.471 e. The smallest absolute Gasteiger partial charge is 0.216 e. The fraction of sp³-hybridized carbons (Fsp3) is 0.222. The van der Waals surface area contributed by atoms with E-state index in [0.29, 0.717) is 6.54 Å². The van der Waals surface area contributed by atoms with Crippen molar-refractivity contribution < 1.29 is 9.47 Å². The lowest BCUT2D eigenvalue weighted by Gasteiger charge is -2.17. The molecular formula is C18H19NO2. The molecule has 0 amide bonds. The van der Waals surface area contributed by atoms with Gasteiger partial charge in [-0.3, -0.25) is 0 Å². The van der Waals surface area contributed by atoms with Gasteiger partial charge in [0.2, 0.25) is 6.29 Å². The van der Waals surface area contributed by atoms with Crippen LogP contribution in [-0.4, -0.2) is 18.0 Å². The maximum atomic E-state index is 5.59. The molecule has 0 radical (unpaired) electrons. The van der Waals surface area contributed by atoms with Crippen LogP contribution < -0.4 is 0 Å². The second kappa shape index (κ2) is 6.02. The molecular weight excluding hydrogens is 262 g/mol. The molecule has 0 fully saturated rings. The van der Waals surface area contributed by atoms with E-state index in [-0.39, 0.29) is 6.29 Å². The first-order chi connectivity index (χ1) is 10.3. The Morgan fingerprint density at radius 1 is 1.00 bits per heavy atom. The van der Waals surface area contributed by atoms with Crippen molar-refractivity contribution in [3.05, 3.63) is 60.9 Å². The number of methoxy groups -OCH3 is 1. The monoisotopic (exact) mass is 281 g/mol. The third kappa shape index (κ3) is 2.52. The SMILES string of the molecule is C/C=C/O[C@H](Cn1c2ccccc2c2ccccc21)OC. The molecule has 0 unspecified atom stereocenters.